The van der Waals surface area contributed by atoms with Crippen molar-refractivity contribution in [2.75, 3.05) is 13.2 Å². The zero-order valence-electron chi connectivity index (χ0n) is 10.1. The van der Waals surface area contributed by atoms with Gasteiger partial charge in [0.2, 0.25) is 0 Å². The molecular weight excluding hydrogens is 224 g/mol. The van der Waals surface area contributed by atoms with Gasteiger partial charge in [-0.15, -0.1) is 0 Å². The Hall–Kier alpha value is -1.71. The number of ether oxygens (including phenoxy) is 1. The maximum Gasteiger partial charge on any atom is 0.0755 e. The molecule has 92 valence electrons. The number of hydrogen-bond donors (Lipinski definition) is 1. The van der Waals surface area contributed by atoms with Crippen LogP contribution in [0, 0.1) is 0 Å². The van der Waals surface area contributed by atoms with Crippen LogP contribution >= 0.6 is 0 Å². The van der Waals surface area contributed by atoms with Gasteiger partial charge < -0.3 is 4.74 Å². The van der Waals surface area contributed by atoms with E-state index in [2.05, 4.69) is 40.6 Å². The van der Waals surface area contributed by atoms with Crippen molar-refractivity contribution in [2.24, 2.45) is 0 Å². The van der Waals surface area contributed by atoms with E-state index in [0.717, 1.165) is 18.9 Å². The second-order valence-corrected chi connectivity index (χ2v) is 4.50. The summed E-state index contributed by atoms with van der Waals surface area (Å²) in [5.41, 5.74) is 2.29. The van der Waals surface area contributed by atoms with E-state index in [1.807, 2.05) is 24.4 Å². The summed E-state index contributed by atoms with van der Waals surface area (Å²) in [6, 6.07) is 17.0. The molecule has 2 heterocycles. The minimum atomic E-state index is 0.140. The smallest absolute Gasteiger partial charge is 0.0755 e. The summed E-state index contributed by atoms with van der Waals surface area (Å²) < 4.78 is 5.22. The van der Waals surface area contributed by atoms with E-state index in [1.54, 1.807) is 0 Å². The van der Waals surface area contributed by atoms with Crippen molar-refractivity contribution in [2.45, 2.75) is 12.1 Å². The highest BCUT2D eigenvalue weighted by molar-refractivity contribution is 5.27. The molecule has 0 spiro atoms. The number of rotatable bonds is 4. The molecule has 1 atom stereocenters. The molecule has 3 nitrogen and oxygen atoms in total. The third-order valence-corrected chi connectivity index (χ3v) is 3.16. The van der Waals surface area contributed by atoms with E-state index in [9.17, 15) is 0 Å². The first-order valence-corrected chi connectivity index (χ1v) is 6.23. The molecule has 1 fully saturated rings. The van der Waals surface area contributed by atoms with E-state index in [1.165, 1.54) is 5.56 Å². The Morgan fingerprint density at radius 2 is 1.83 bits per heavy atom. The number of nitrogens with zero attached hydrogens (tertiary/aromatic N) is 1. The molecule has 1 aromatic carbocycles. The SMILES string of the molecule is c1ccc(C(NC2COC2)c2ccccn2)cc1. The van der Waals surface area contributed by atoms with Gasteiger partial charge in [-0.1, -0.05) is 36.4 Å². The van der Waals surface area contributed by atoms with Crippen LogP contribution in [0.15, 0.2) is 54.7 Å². The molecule has 0 bridgehead atoms. The lowest BCUT2D eigenvalue weighted by atomic mass is 10.0. The van der Waals surface area contributed by atoms with Gasteiger partial charge in [0.25, 0.3) is 0 Å². The summed E-state index contributed by atoms with van der Waals surface area (Å²) in [6.07, 6.45) is 1.84. The van der Waals surface area contributed by atoms with Crippen molar-refractivity contribution < 1.29 is 4.74 Å². The molecule has 2 aromatic rings. The van der Waals surface area contributed by atoms with Crippen LogP contribution in [0.1, 0.15) is 17.3 Å². The summed E-state index contributed by atoms with van der Waals surface area (Å²) in [5.74, 6) is 0. The Morgan fingerprint density at radius 1 is 1.06 bits per heavy atom. The van der Waals surface area contributed by atoms with Crippen LogP contribution in [0.3, 0.4) is 0 Å². The van der Waals surface area contributed by atoms with Crippen molar-refractivity contribution in [3.05, 3.63) is 66.0 Å². The summed E-state index contributed by atoms with van der Waals surface area (Å²) in [5, 5.41) is 3.60. The van der Waals surface area contributed by atoms with Crippen LogP contribution in [0.25, 0.3) is 0 Å². The molecule has 1 saturated heterocycles. The highest BCUT2D eigenvalue weighted by Gasteiger charge is 2.24. The minimum absolute atomic E-state index is 0.140. The fraction of sp³-hybridized carbons (Fsp3) is 0.267. The Morgan fingerprint density at radius 3 is 2.44 bits per heavy atom. The lowest BCUT2D eigenvalue weighted by molar-refractivity contribution is -0.00843. The molecule has 1 N–H and O–H groups in total. The second-order valence-electron chi connectivity index (χ2n) is 4.50. The van der Waals surface area contributed by atoms with Crippen molar-refractivity contribution in [1.29, 1.82) is 0 Å². The van der Waals surface area contributed by atoms with Gasteiger partial charge in [-0.05, 0) is 17.7 Å². The van der Waals surface area contributed by atoms with Crippen LogP contribution in [0.5, 0.6) is 0 Å². The molecule has 0 aliphatic carbocycles. The number of aromatic nitrogens is 1. The minimum Gasteiger partial charge on any atom is -0.378 e. The first-order valence-electron chi connectivity index (χ1n) is 6.23. The highest BCUT2D eigenvalue weighted by atomic mass is 16.5. The predicted molar refractivity (Wildman–Crippen MR) is 70.3 cm³/mol. The lowest BCUT2D eigenvalue weighted by Crippen LogP contribution is -2.47. The summed E-state index contributed by atoms with van der Waals surface area (Å²) >= 11 is 0. The van der Waals surface area contributed by atoms with Crippen molar-refractivity contribution in [3.8, 4) is 0 Å². The molecule has 1 unspecified atom stereocenters. The van der Waals surface area contributed by atoms with Crippen LogP contribution < -0.4 is 5.32 Å². The molecule has 0 amide bonds. The van der Waals surface area contributed by atoms with E-state index < -0.39 is 0 Å². The second kappa shape index (κ2) is 5.29. The van der Waals surface area contributed by atoms with Crippen molar-refractivity contribution >= 4 is 0 Å². The third kappa shape index (κ3) is 2.42. The van der Waals surface area contributed by atoms with E-state index >= 15 is 0 Å². The molecule has 18 heavy (non-hydrogen) atoms. The maximum absolute atomic E-state index is 5.22. The Balaban J connectivity index is 1.88. The van der Waals surface area contributed by atoms with Crippen LogP contribution in [0.2, 0.25) is 0 Å². The normalized spacial score (nSPS) is 17.1. The predicted octanol–water partition coefficient (Wildman–Crippen LogP) is 2.16. The van der Waals surface area contributed by atoms with Gasteiger partial charge in [0, 0.05) is 6.20 Å². The van der Waals surface area contributed by atoms with E-state index in [-0.39, 0.29) is 6.04 Å². The van der Waals surface area contributed by atoms with Gasteiger partial charge in [0.15, 0.2) is 0 Å². The first-order chi connectivity index (χ1) is 8.93. The van der Waals surface area contributed by atoms with Crippen molar-refractivity contribution in [3.63, 3.8) is 0 Å². The molecule has 1 aliphatic heterocycles. The van der Waals surface area contributed by atoms with Gasteiger partial charge in [-0.25, -0.2) is 0 Å². The molecule has 3 rings (SSSR count). The van der Waals surface area contributed by atoms with Gasteiger partial charge in [-0.2, -0.15) is 0 Å². The number of pyridine rings is 1. The average Bonchev–Trinajstić information content (AvgIpc) is 2.40. The zero-order valence-corrected chi connectivity index (χ0v) is 10.1. The van der Waals surface area contributed by atoms with Gasteiger partial charge in [0.1, 0.15) is 0 Å². The van der Waals surface area contributed by atoms with Crippen LogP contribution in [-0.4, -0.2) is 24.2 Å². The van der Waals surface area contributed by atoms with Gasteiger partial charge in [-0.3, -0.25) is 10.3 Å². The lowest BCUT2D eigenvalue weighted by Gasteiger charge is -2.31. The van der Waals surface area contributed by atoms with Crippen LogP contribution in [0.4, 0.5) is 0 Å². The Kier molecular flexibility index (Phi) is 3.35. The maximum atomic E-state index is 5.22. The number of benzene rings is 1. The molecule has 3 heteroatoms. The topological polar surface area (TPSA) is 34.1 Å². The van der Waals surface area contributed by atoms with E-state index in [4.69, 9.17) is 4.74 Å². The fourth-order valence-corrected chi connectivity index (χ4v) is 2.11. The first kappa shape index (κ1) is 11.4. The molecular formula is C15H16N2O. The number of hydrogen-bond acceptors (Lipinski definition) is 3. The fourth-order valence-electron chi connectivity index (χ4n) is 2.11. The summed E-state index contributed by atoms with van der Waals surface area (Å²) in [6.45, 7) is 1.58. The average molecular weight is 240 g/mol. The summed E-state index contributed by atoms with van der Waals surface area (Å²) in [4.78, 5) is 4.46. The molecule has 0 radical (unpaired) electrons. The van der Waals surface area contributed by atoms with Gasteiger partial charge >= 0.3 is 0 Å². The molecule has 0 saturated carbocycles. The zero-order chi connectivity index (χ0) is 12.2. The monoisotopic (exact) mass is 240 g/mol. The van der Waals surface area contributed by atoms with Gasteiger partial charge in [0.05, 0.1) is 31.0 Å². The number of nitrogens with one attached hydrogen (secondary N) is 1. The molecule has 1 aromatic heterocycles. The highest BCUT2D eigenvalue weighted by Crippen LogP contribution is 2.21. The molecule has 1 aliphatic rings. The van der Waals surface area contributed by atoms with Crippen LogP contribution in [-0.2, 0) is 4.74 Å². The summed E-state index contributed by atoms with van der Waals surface area (Å²) in [7, 11) is 0. The largest absolute Gasteiger partial charge is 0.378 e. The third-order valence-electron chi connectivity index (χ3n) is 3.16. The Labute approximate surface area is 107 Å². The van der Waals surface area contributed by atoms with E-state index in [0.29, 0.717) is 6.04 Å². The van der Waals surface area contributed by atoms with Crippen molar-refractivity contribution in [1.82, 2.24) is 10.3 Å². The Bertz CT molecular complexity index is 443. The standard InChI is InChI=1S/C15H16N2O/c1-2-6-12(7-3-1)15(17-13-10-18-11-13)14-8-4-5-9-16-14/h1-9,13,15,17H,10-11H2. The quantitative estimate of drug-likeness (QED) is 0.889.